The predicted octanol–water partition coefficient (Wildman–Crippen LogP) is 5.40. The van der Waals surface area contributed by atoms with Gasteiger partial charge in [0.05, 0.1) is 0 Å². The van der Waals surface area contributed by atoms with E-state index >= 15 is 0 Å². The summed E-state index contributed by atoms with van der Waals surface area (Å²) >= 11 is 0. The number of hydrogen-bond acceptors (Lipinski definition) is 1. The van der Waals surface area contributed by atoms with Crippen molar-refractivity contribution >= 4 is 0 Å². The van der Waals surface area contributed by atoms with Crippen LogP contribution in [0.2, 0.25) is 0 Å². The molecule has 0 radical (unpaired) electrons. The van der Waals surface area contributed by atoms with Gasteiger partial charge in [-0.1, -0.05) is 55.5 Å². The second-order valence-electron chi connectivity index (χ2n) is 5.86. The summed E-state index contributed by atoms with van der Waals surface area (Å²) < 4.78 is 4.69. The Labute approximate surface area is 140 Å². The van der Waals surface area contributed by atoms with Crippen LogP contribution in [0.25, 0.3) is 0 Å². The molecule has 2 aromatic carbocycles. The van der Waals surface area contributed by atoms with Gasteiger partial charge in [-0.05, 0) is 55.0 Å². The van der Waals surface area contributed by atoms with E-state index in [9.17, 15) is 0 Å². The van der Waals surface area contributed by atoms with Crippen LogP contribution in [0.1, 0.15) is 55.2 Å². The summed E-state index contributed by atoms with van der Waals surface area (Å²) in [4.78, 5) is 0. The number of methoxy groups -OCH3 is 1. The van der Waals surface area contributed by atoms with Crippen molar-refractivity contribution < 1.29 is 4.74 Å². The second kappa shape index (κ2) is 9.87. The van der Waals surface area contributed by atoms with Gasteiger partial charge in [0, 0.05) is 24.8 Å². The van der Waals surface area contributed by atoms with Crippen molar-refractivity contribution in [3.05, 3.63) is 71.3 Å². The Morgan fingerprint density at radius 3 is 1.96 bits per heavy atom. The van der Waals surface area contributed by atoms with E-state index in [1.807, 2.05) is 30.3 Å². The highest BCUT2D eigenvalue weighted by Gasteiger charge is 2.18. The zero-order valence-corrected chi connectivity index (χ0v) is 14.2. The quantitative estimate of drug-likeness (QED) is 0.690. The van der Waals surface area contributed by atoms with Gasteiger partial charge < -0.3 is 4.74 Å². The van der Waals surface area contributed by atoms with Crippen LogP contribution in [-0.2, 0) is 4.74 Å². The fourth-order valence-corrected chi connectivity index (χ4v) is 2.45. The number of rotatable bonds is 3. The van der Waals surface area contributed by atoms with Crippen LogP contribution < -0.4 is 0 Å². The molecular weight excluding hydrogens is 280 g/mol. The molecule has 1 heteroatoms. The molecule has 0 N–H and O–H groups in total. The molecule has 0 unspecified atom stereocenters. The van der Waals surface area contributed by atoms with Gasteiger partial charge >= 0.3 is 0 Å². The Morgan fingerprint density at radius 2 is 1.52 bits per heavy atom. The first-order valence-electron chi connectivity index (χ1n) is 8.49. The van der Waals surface area contributed by atoms with Gasteiger partial charge in [-0.15, -0.1) is 0 Å². The molecule has 0 aromatic heterocycles. The molecule has 0 atom stereocenters. The van der Waals surface area contributed by atoms with E-state index in [2.05, 4.69) is 43.0 Å². The van der Waals surface area contributed by atoms with Crippen LogP contribution in [0.3, 0.4) is 0 Å². The molecule has 3 rings (SSSR count). The molecule has 0 spiro atoms. The van der Waals surface area contributed by atoms with Gasteiger partial charge in [0.2, 0.25) is 0 Å². The lowest BCUT2D eigenvalue weighted by Gasteiger charge is -2.25. The van der Waals surface area contributed by atoms with Crippen LogP contribution >= 0.6 is 0 Å². The topological polar surface area (TPSA) is 9.23 Å². The maximum atomic E-state index is 4.69. The van der Waals surface area contributed by atoms with E-state index in [4.69, 9.17) is 4.74 Å². The molecule has 1 nitrogen and oxygen atoms in total. The van der Waals surface area contributed by atoms with Crippen LogP contribution in [0.15, 0.2) is 54.6 Å². The molecule has 120 valence electrons. The molecule has 0 aliphatic heterocycles. The Morgan fingerprint density at radius 1 is 0.913 bits per heavy atom. The van der Waals surface area contributed by atoms with Crippen molar-refractivity contribution in [2.45, 2.75) is 38.5 Å². The van der Waals surface area contributed by atoms with Crippen LogP contribution in [0, 0.1) is 11.8 Å². The Bertz CT molecular complexity index is 611. The average molecular weight is 306 g/mol. The molecule has 23 heavy (non-hydrogen) atoms. The number of benzene rings is 2. The van der Waals surface area contributed by atoms with E-state index in [1.54, 1.807) is 7.11 Å². The molecule has 1 saturated carbocycles. The SMILES string of the molecule is C(#Cc1ccc(C2CCC2)cc1)c1ccccc1.CCCOC. The highest BCUT2D eigenvalue weighted by atomic mass is 16.5. The van der Waals surface area contributed by atoms with E-state index in [-0.39, 0.29) is 0 Å². The monoisotopic (exact) mass is 306 g/mol. The van der Waals surface area contributed by atoms with Crippen LogP contribution in [0.5, 0.6) is 0 Å². The maximum absolute atomic E-state index is 4.69. The van der Waals surface area contributed by atoms with Crippen molar-refractivity contribution in [2.24, 2.45) is 0 Å². The summed E-state index contributed by atoms with van der Waals surface area (Å²) in [5, 5.41) is 0. The van der Waals surface area contributed by atoms with Crippen LogP contribution in [0.4, 0.5) is 0 Å². The van der Waals surface area contributed by atoms with Crippen molar-refractivity contribution in [3.8, 4) is 11.8 Å². The van der Waals surface area contributed by atoms with E-state index in [0.29, 0.717) is 0 Å². The lowest BCUT2D eigenvalue weighted by Crippen LogP contribution is -2.08. The Balaban J connectivity index is 0.000000338. The van der Waals surface area contributed by atoms with Gasteiger partial charge in [0.25, 0.3) is 0 Å². The minimum Gasteiger partial charge on any atom is -0.385 e. The van der Waals surface area contributed by atoms with Crippen molar-refractivity contribution in [1.82, 2.24) is 0 Å². The summed E-state index contributed by atoms with van der Waals surface area (Å²) in [6.45, 7) is 2.98. The minimum atomic E-state index is 0.807. The smallest absolute Gasteiger partial charge is 0.0459 e. The van der Waals surface area contributed by atoms with Gasteiger partial charge in [0.1, 0.15) is 0 Å². The first kappa shape index (κ1) is 17.3. The fraction of sp³-hybridized carbons (Fsp3) is 0.364. The number of ether oxygens (including phenoxy) is 1. The molecule has 1 aliphatic carbocycles. The maximum Gasteiger partial charge on any atom is 0.0459 e. The van der Waals surface area contributed by atoms with Crippen molar-refractivity contribution in [2.75, 3.05) is 13.7 Å². The molecule has 0 saturated heterocycles. The normalized spacial score (nSPS) is 13.1. The first-order valence-corrected chi connectivity index (χ1v) is 8.49. The fourth-order valence-electron chi connectivity index (χ4n) is 2.45. The lowest BCUT2D eigenvalue weighted by molar-refractivity contribution is 0.199. The van der Waals surface area contributed by atoms with Gasteiger partial charge in [-0.3, -0.25) is 0 Å². The summed E-state index contributed by atoms with van der Waals surface area (Å²) in [6, 6.07) is 18.9. The average Bonchev–Trinajstić information content (AvgIpc) is 2.55. The highest BCUT2D eigenvalue weighted by molar-refractivity contribution is 5.43. The van der Waals surface area contributed by atoms with E-state index in [1.165, 1.54) is 24.8 Å². The lowest BCUT2D eigenvalue weighted by atomic mass is 9.80. The van der Waals surface area contributed by atoms with E-state index in [0.717, 1.165) is 30.1 Å². The molecule has 1 aliphatic rings. The second-order valence-corrected chi connectivity index (χ2v) is 5.86. The molecule has 0 bridgehead atoms. The van der Waals surface area contributed by atoms with E-state index < -0.39 is 0 Å². The zero-order chi connectivity index (χ0) is 16.3. The summed E-state index contributed by atoms with van der Waals surface area (Å²) in [7, 11) is 1.71. The minimum absolute atomic E-state index is 0.807. The number of hydrogen-bond donors (Lipinski definition) is 0. The van der Waals surface area contributed by atoms with Crippen LogP contribution in [-0.4, -0.2) is 13.7 Å². The Kier molecular flexibility index (Phi) is 7.43. The van der Waals surface area contributed by atoms with Gasteiger partial charge in [-0.2, -0.15) is 0 Å². The van der Waals surface area contributed by atoms with Gasteiger partial charge in [0.15, 0.2) is 0 Å². The van der Waals surface area contributed by atoms with Crippen molar-refractivity contribution in [3.63, 3.8) is 0 Å². The highest BCUT2D eigenvalue weighted by Crippen LogP contribution is 2.36. The Hall–Kier alpha value is -2.04. The standard InChI is InChI=1S/C18H16.C4H10O/c1-2-5-15(6-3-1)9-10-16-11-13-18(14-12-16)17-7-4-8-17;1-3-4-5-2/h1-3,5-6,11-14,17H,4,7-8H2;3-4H2,1-2H3. The van der Waals surface area contributed by atoms with Gasteiger partial charge in [-0.25, -0.2) is 0 Å². The first-order chi connectivity index (χ1) is 11.3. The largest absolute Gasteiger partial charge is 0.385 e. The molecule has 2 aromatic rings. The molecule has 0 heterocycles. The predicted molar refractivity (Wildman–Crippen MR) is 97.6 cm³/mol. The zero-order valence-electron chi connectivity index (χ0n) is 14.2. The third kappa shape index (κ3) is 5.93. The molecule has 1 fully saturated rings. The van der Waals surface area contributed by atoms with Crippen molar-refractivity contribution in [1.29, 1.82) is 0 Å². The summed E-state index contributed by atoms with van der Waals surface area (Å²) in [5.74, 6) is 7.21. The molecular formula is C22H26O. The third-order valence-electron chi connectivity index (χ3n) is 4.02. The third-order valence-corrected chi connectivity index (χ3v) is 4.02. The summed E-state index contributed by atoms with van der Waals surface area (Å²) in [6.07, 6.45) is 5.22. The summed E-state index contributed by atoms with van der Waals surface area (Å²) in [5.41, 5.74) is 3.65. The molecule has 0 amide bonds.